The van der Waals surface area contributed by atoms with Gasteiger partial charge in [-0.25, -0.2) is 13.2 Å². The summed E-state index contributed by atoms with van der Waals surface area (Å²) in [5.41, 5.74) is -0.564. The largest absolute Gasteiger partial charge is 0.497 e. The van der Waals surface area contributed by atoms with E-state index in [9.17, 15) is 13.2 Å². The summed E-state index contributed by atoms with van der Waals surface area (Å²) in [6.07, 6.45) is -0.0163. The Morgan fingerprint density at radius 2 is 1.78 bits per heavy atom. The van der Waals surface area contributed by atoms with Crippen LogP contribution in [0, 0.1) is 5.92 Å². The molecule has 27 heavy (non-hydrogen) atoms. The molecule has 1 aromatic rings. The first kappa shape index (κ1) is 23.2. The summed E-state index contributed by atoms with van der Waals surface area (Å²) in [6.45, 7) is 10.4. The molecule has 1 N–H and O–H groups in total. The van der Waals surface area contributed by atoms with Crippen LogP contribution in [0.2, 0.25) is 0 Å². The number of methoxy groups -OCH3 is 1. The van der Waals surface area contributed by atoms with E-state index in [-0.39, 0.29) is 10.8 Å². The summed E-state index contributed by atoms with van der Waals surface area (Å²) < 4.78 is 37.6. The smallest absolute Gasteiger partial charge is 0.407 e. The lowest BCUT2D eigenvalue weighted by Gasteiger charge is -2.24. The van der Waals surface area contributed by atoms with Crippen molar-refractivity contribution in [2.24, 2.45) is 5.92 Å². The second kappa shape index (κ2) is 9.94. The van der Waals surface area contributed by atoms with Crippen LogP contribution in [0.4, 0.5) is 4.79 Å². The molecule has 1 rings (SSSR count). The fraction of sp³-hybridized carbons (Fsp3) is 0.632. The molecule has 0 aliphatic carbocycles. The number of sulfonamides is 1. The van der Waals surface area contributed by atoms with Crippen molar-refractivity contribution in [3.63, 3.8) is 0 Å². The Morgan fingerprint density at radius 3 is 2.26 bits per heavy atom. The Balaban J connectivity index is 2.73. The molecule has 0 radical (unpaired) electrons. The molecule has 0 saturated carbocycles. The van der Waals surface area contributed by atoms with Gasteiger partial charge in [0.05, 0.1) is 12.0 Å². The van der Waals surface area contributed by atoms with E-state index in [1.54, 1.807) is 45.0 Å². The first-order valence-corrected chi connectivity index (χ1v) is 10.5. The summed E-state index contributed by atoms with van der Waals surface area (Å²) >= 11 is 0. The second-order valence-corrected chi connectivity index (χ2v) is 9.65. The third-order valence-corrected chi connectivity index (χ3v) is 5.40. The number of nitrogens with one attached hydrogen (secondary N) is 1. The highest BCUT2D eigenvalue weighted by Crippen LogP contribution is 2.20. The third kappa shape index (κ3) is 8.17. The van der Waals surface area contributed by atoms with E-state index in [4.69, 9.17) is 9.47 Å². The van der Waals surface area contributed by atoms with Gasteiger partial charge in [-0.05, 0) is 57.4 Å². The van der Waals surface area contributed by atoms with Crippen LogP contribution >= 0.6 is 0 Å². The van der Waals surface area contributed by atoms with Gasteiger partial charge >= 0.3 is 6.09 Å². The molecule has 0 aliphatic rings. The maximum absolute atomic E-state index is 13.0. The summed E-state index contributed by atoms with van der Waals surface area (Å²) in [5, 5.41) is 2.65. The highest BCUT2D eigenvalue weighted by Gasteiger charge is 2.25. The van der Waals surface area contributed by atoms with Crippen LogP contribution in [-0.2, 0) is 14.8 Å². The summed E-state index contributed by atoms with van der Waals surface area (Å²) in [6, 6.07) is 6.34. The first-order chi connectivity index (χ1) is 12.5. The van der Waals surface area contributed by atoms with E-state index in [2.05, 4.69) is 5.32 Å². The van der Waals surface area contributed by atoms with Crippen LogP contribution in [-0.4, -0.2) is 51.2 Å². The second-order valence-electron chi connectivity index (χ2n) is 7.71. The molecule has 0 bridgehead atoms. The van der Waals surface area contributed by atoms with Crippen molar-refractivity contribution in [2.45, 2.75) is 51.5 Å². The van der Waals surface area contributed by atoms with Gasteiger partial charge in [-0.2, -0.15) is 4.31 Å². The maximum atomic E-state index is 13.0. The molecule has 154 valence electrons. The molecule has 0 aromatic heterocycles. The number of carbonyl (C=O) groups is 1. The van der Waals surface area contributed by atoms with E-state index in [1.165, 1.54) is 11.4 Å². The zero-order valence-corrected chi connectivity index (χ0v) is 17.9. The number of carbonyl (C=O) groups excluding carboxylic acids is 1. The quantitative estimate of drug-likeness (QED) is 0.643. The standard InChI is InChI=1S/C19H32N2O5S/c1-15(2)14-21(13-7-12-20-18(22)26-19(3,4)5)27(23,24)17-10-8-16(25-6)9-11-17/h8-11,15H,7,12-14H2,1-6H3,(H,20,22). The Labute approximate surface area is 163 Å². The van der Waals surface area contributed by atoms with Gasteiger partial charge in [0.1, 0.15) is 11.4 Å². The molecule has 0 aliphatic heterocycles. The minimum absolute atomic E-state index is 0.178. The molecular formula is C19H32N2O5S. The normalized spacial score (nSPS) is 12.3. The molecule has 0 saturated heterocycles. The van der Waals surface area contributed by atoms with Gasteiger partial charge in [-0.1, -0.05) is 13.8 Å². The number of hydrogen-bond donors (Lipinski definition) is 1. The third-order valence-electron chi connectivity index (χ3n) is 3.52. The van der Waals surface area contributed by atoms with Gasteiger partial charge in [-0.15, -0.1) is 0 Å². The van der Waals surface area contributed by atoms with Gasteiger partial charge in [0, 0.05) is 19.6 Å². The van der Waals surface area contributed by atoms with Crippen molar-refractivity contribution in [3.8, 4) is 5.75 Å². The van der Waals surface area contributed by atoms with Crippen LogP contribution in [0.3, 0.4) is 0 Å². The highest BCUT2D eigenvalue weighted by atomic mass is 32.2. The lowest BCUT2D eigenvalue weighted by Crippen LogP contribution is -2.37. The van der Waals surface area contributed by atoms with Crippen molar-refractivity contribution >= 4 is 16.1 Å². The molecule has 8 heteroatoms. The lowest BCUT2D eigenvalue weighted by atomic mass is 10.2. The van der Waals surface area contributed by atoms with Gasteiger partial charge in [0.2, 0.25) is 10.0 Å². The zero-order valence-electron chi connectivity index (χ0n) is 17.1. The number of hydrogen-bond acceptors (Lipinski definition) is 5. The van der Waals surface area contributed by atoms with Crippen molar-refractivity contribution < 1.29 is 22.7 Å². The summed E-state index contributed by atoms with van der Waals surface area (Å²) in [5.74, 6) is 0.780. The molecule has 1 amide bonds. The number of amides is 1. The van der Waals surface area contributed by atoms with Crippen LogP contribution in [0.1, 0.15) is 41.0 Å². The minimum Gasteiger partial charge on any atom is -0.497 e. The average molecular weight is 401 g/mol. The van der Waals surface area contributed by atoms with Gasteiger partial charge in [-0.3, -0.25) is 0 Å². The van der Waals surface area contributed by atoms with E-state index >= 15 is 0 Å². The van der Waals surface area contributed by atoms with Crippen molar-refractivity contribution in [1.29, 1.82) is 0 Å². The van der Waals surface area contributed by atoms with E-state index in [1.807, 2.05) is 13.8 Å². The minimum atomic E-state index is -3.62. The highest BCUT2D eigenvalue weighted by molar-refractivity contribution is 7.89. The topological polar surface area (TPSA) is 84.9 Å². The number of benzene rings is 1. The monoisotopic (exact) mass is 400 g/mol. The van der Waals surface area contributed by atoms with Crippen molar-refractivity contribution in [2.75, 3.05) is 26.7 Å². The molecule has 0 fully saturated rings. The maximum Gasteiger partial charge on any atom is 0.407 e. The van der Waals surface area contributed by atoms with E-state index in [0.29, 0.717) is 31.8 Å². The molecule has 0 heterocycles. The molecule has 7 nitrogen and oxygen atoms in total. The number of ether oxygens (including phenoxy) is 2. The lowest BCUT2D eigenvalue weighted by molar-refractivity contribution is 0.0526. The van der Waals surface area contributed by atoms with Crippen LogP contribution in [0.5, 0.6) is 5.75 Å². The predicted octanol–water partition coefficient (Wildman–Crippen LogP) is 3.26. The number of rotatable bonds is 9. The van der Waals surface area contributed by atoms with Crippen LogP contribution in [0.15, 0.2) is 29.2 Å². The molecule has 1 aromatic carbocycles. The average Bonchev–Trinajstić information content (AvgIpc) is 2.55. The zero-order chi connectivity index (χ0) is 20.7. The molecular weight excluding hydrogens is 368 g/mol. The van der Waals surface area contributed by atoms with Crippen molar-refractivity contribution in [3.05, 3.63) is 24.3 Å². The molecule has 0 spiro atoms. The van der Waals surface area contributed by atoms with Gasteiger partial charge < -0.3 is 14.8 Å². The first-order valence-electron chi connectivity index (χ1n) is 9.07. The van der Waals surface area contributed by atoms with Crippen LogP contribution in [0.25, 0.3) is 0 Å². The van der Waals surface area contributed by atoms with Gasteiger partial charge in [0.25, 0.3) is 0 Å². The predicted molar refractivity (Wildman–Crippen MR) is 105 cm³/mol. The number of alkyl carbamates (subject to hydrolysis) is 1. The number of nitrogens with zero attached hydrogens (tertiary/aromatic N) is 1. The van der Waals surface area contributed by atoms with E-state index in [0.717, 1.165) is 0 Å². The Kier molecular flexibility index (Phi) is 8.56. The SMILES string of the molecule is COc1ccc(S(=O)(=O)N(CCCNC(=O)OC(C)(C)C)CC(C)C)cc1. The Morgan fingerprint density at radius 1 is 1.19 bits per heavy atom. The summed E-state index contributed by atoms with van der Waals surface area (Å²) in [4.78, 5) is 11.9. The molecule has 0 unspecified atom stereocenters. The van der Waals surface area contributed by atoms with Crippen LogP contribution < -0.4 is 10.1 Å². The van der Waals surface area contributed by atoms with Gasteiger partial charge in [0.15, 0.2) is 0 Å². The fourth-order valence-corrected chi connectivity index (χ4v) is 4.02. The Hall–Kier alpha value is -1.80. The van der Waals surface area contributed by atoms with E-state index < -0.39 is 21.7 Å². The fourth-order valence-electron chi connectivity index (χ4n) is 2.37. The summed E-state index contributed by atoms with van der Waals surface area (Å²) in [7, 11) is -2.08. The van der Waals surface area contributed by atoms with Crippen molar-refractivity contribution in [1.82, 2.24) is 9.62 Å². The molecule has 0 atom stereocenters. The Bertz CT molecular complexity index is 694.